The molecule has 0 bridgehead atoms. The van der Waals surface area contributed by atoms with Crippen LogP contribution in [0.4, 0.5) is 0 Å². The molecule has 1 saturated carbocycles. The molecule has 1 aliphatic carbocycles. The van der Waals surface area contributed by atoms with E-state index in [-0.39, 0.29) is 0 Å². The number of nitrogens with zero attached hydrogens (tertiary/aromatic N) is 2. The molecule has 2 aromatic rings. The van der Waals surface area contributed by atoms with Crippen LogP contribution in [0, 0.1) is 5.92 Å². The van der Waals surface area contributed by atoms with Crippen molar-refractivity contribution in [3.05, 3.63) is 71.8 Å². The van der Waals surface area contributed by atoms with E-state index in [2.05, 4.69) is 84.3 Å². The fraction of sp³-hybridized carbons (Fsp3) is 0.478. The Labute approximate surface area is 152 Å². The van der Waals surface area contributed by atoms with E-state index in [1.807, 2.05) is 0 Å². The van der Waals surface area contributed by atoms with Gasteiger partial charge in [0.25, 0.3) is 0 Å². The van der Waals surface area contributed by atoms with E-state index in [9.17, 15) is 0 Å². The highest BCUT2D eigenvalue weighted by Crippen LogP contribution is 2.42. The summed E-state index contributed by atoms with van der Waals surface area (Å²) < 4.78 is 0. The molecule has 25 heavy (non-hydrogen) atoms. The van der Waals surface area contributed by atoms with Crippen LogP contribution in [0.5, 0.6) is 0 Å². The zero-order valence-corrected chi connectivity index (χ0v) is 15.5. The standard InChI is InChI=1S/C23H30N2/c1-18(2)24-15-16-25(22(17-24)19-13-14-19)23(20-9-5-3-6-10-20)21-11-7-4-8-12-21/h3-12,18-19,22-23H,13-17H2,1-2H3. The highest BCUT2D eigenvalue weighted by Gasteiger charge is 2.42. The number of benzene rings is 2. The van der Waals surface area contributed by atoms with Gasteiger partial charge in [-0.15, -0.1) is 0 Å². The number of rotatable bonds is 5. The zero-order chi connectivity index (χ0) is 17.2. The van der Waals surface area contributed by atoms with E-state index in [1.54, 1.807) is 0 Å². The van der Waals surface area contributed by atoms with Crippen molar-refractivity contribution in [3.8, 4) is 0 Å². The van der Waals surface area contributed by atoms with E-state index in [4.69, 9.17) is 0 Å². The van der Waals surface area contributed by atoms with Gasteiger partial charge in [0, 0.05) is 31.7 Å². The molecule has 0 amide bonds. The lowest BCUT2D eigenvalue weighted by atomic mass is 9.93. The van der Waals surface area contributed by atoms with Crippen LogP contribution in [0.3, 0.4) is 0 Å². The van der Waals surface area contributed by atoms with Crippen LogP contribution < -0.4 is 0 Å². The maximum atomic E-state index is 2.81. The molecule has 0 spiro atoms. The third-order valence-corrected chi connectivity index (χ3v) is 5.95. The summed E-state index contributed by atoms with van der Waals surface area (Å²) in [5.41, 5.74) is 2.86. The summed E-state index contributed by atoms with van der Waals surface area (Å²) in [7, 11) is 0. The van der Waals surface area contributed by atoms with Gasteiger partial charge in [-0.05, 0) is 43.7 Å². The van der Waals surface area contributed by atoms with Crippen molar-refractivity contribution in [1.29, 1.82) is 0 Å². The lowest BCUT2D eigenvalue weighted by Gasteiger charge is -2.47. The topological polar surface area (TPSA) is 6.48 Å². The smallest absolute Gasteiger partial charge is 0.0605 e. The summed E-state index contributed by atoms with van der Waals surface area (Å²) in [4.78, 5) is 5.48. The SMILES string of the molecule is CC(C)N1CCN(C(c2ccccc2)c2ccccc2)C(C2CC2)C1. The molecule has 1 atom stereocenters. The van der Waals surface area contributed by atoms with E-state index in [0.29, 0.717) is 18.1 Å². The number of hydrogen-bond donors (Lipinski definition) is 0. The summed E-state index contributed by atoms with van der Waals surface area (Å²) >= 11 is 0. The number of hydrogen-bond acceptors (Lipinski definition) is 2. The van der Waals surface area contributed by atoms with Gasteiger partial charge in [-0.25, -0.2) is 0 Å². The second-order valence-electron chi connectivity index (χ2n) is 7.96. The van der Waals surface area contributed by atoms with Gasteiger partial charge >= 0.3 is 0 Å². The predicted octanol–water partition coefficient (Wildman–Crippen LogP) is 4.58. The fourth-order valence-electron chi connectivity index (χ4n) is 4.38. The molecule has 2 aromatic carbocycles. The second kappa shape index (κ2) is 7.31. The molecular weight excluding hydrogens is 304 g/mol. The Balaban J connectivity index is 1.69. The van der Waals surface area contributed by atoms with Crippen LogP contribution in [0.25, 0.3) is 0 Å². The van der Waals surface area contributed by atoms with Gasteiger partial charge in [0.15, 0.2) is 0 Å². The molecule has 0 N–H and O–H groups in total. The molecule has 1 saturated heterocycles. The van der Waals surface area contributed by atoms with Gasteiger partial charge in [0.05, 0.1) is 6.04 Å². The maximum absolute atomic E-state index is 2.81. The first-order valence-electron chi connectivity index (χ1n) is 9.83. The average Bonchev–Trinajstić information content (AvgIpc) is 3.49. The monoisotopic (exact) mass is 334 g/mol. The Morgan fingerprint density at radius 3 is 1.84 bits per heavy atom. The maximum Gasteiger partial charge on any atom is 0.0605 e. The van der Waals surface area contributed by atoms with Crippen molar-refractivity contribution >= 4 is 0 Å². The summed E-state index contributed by atoms with van der Waals surface area (Å²) in [6.07, 6.45) is 2.81. The molecule has 0 aromatic heterocycles. The van der Waals surface area contributed by atoms with Crippen LogP contribution in [0.1, 0.15) is 43.9 Å². The van der Waals surface area contributed by atoms with Gasteiger partial charge in [0.2, 0.25) is 0 Å². The summed E-state index contributed by atoms with van der Waals surface area (Å²) in [6.45, 7) is 8.24. The highest BCUT2D eigenvalue weighted by molar-refractivity contribution is 5.32. The third-order valence-electron chi connectivity index (χ3n) is 5.95. The van der Waals surface area contributed by atoms with Crippen molar-refractivity contribution < 1.29 is 0 Å². The van der Waals surface area contributed by atoms with Gasteiger partial charge in [-0.1, -0.05) is 60.7 Å². The second-order valence-corrected chi connectivity index (χ2v) is 7.96. The molecular formula is C23H30N2. The quantitative estimate of drug-likeness (QED) is 0.789. The van der Waals surface area contributed by atoms with E-state index in [1.165, 1.54) is 37.1 Å². The van der Waals surface area contributed by atoms with Crippen LogP contribution in [0.2, 0.25) is 0 Å². The van der Waals surface area contributed by atoms with Crippen LogP contribution in [-0.4, -0.2) is 41.5 Å². The fourth-order valence-corrected chi connectivity index (χ4v) is 4.38. The minimum Gasteiger partial charge on any atom is -0.298 e. The van der Waals surface area contributed by atoms with Crippen molar-refractivity contribution in [2.24, 2.45) is 5.92 Å². The Kier molecular flexibility index (Phi) is 4.91. The normalized spacial score (nSPS) is 22.6. The Bertz CT molecular complexity index is 624. The average molecular weight is 335 g/mol. The highest BCUT2D eigenvalue weighted by atomic mass is 15.3. The molecule has 2 aliphatic rings. The molecule has 1 heterocycles. The molecule has 1 unspecified atom stereocenters. The molecule has 0 radical (unpaired) electrons. The van der Waals surface area contributed by atoms with Crippen molar-refractivity contribution in [3.63, 3.8) is 0 Å². The van der Waals surface area contributed by atoms with Gasteiger partial charge in [0.1, 0.15) is 0 Å². The first kappa shape index (κ1) is 16.8. The lowest BCUT2D eigenvalue weighted by Crippen LogP contribution is -2.56. The van der Waals surface area contributed by atoms with Gasteiger partial charge < -0.3 is 0 Å². The summed E-state index contributed by atoms with van der Waals surface area (Å²) in [6, 6.07) is 23.9. The summed E-state index contributed by atoms with van der Waals surface area (Å²) in [5.74, 6) is 0.886. The molecule has 132 valence electrons. The Hall–Kier alpha value is -1.64. The minimum absolute atomic E-state index is 0.377. The van der Waals surface area contributed by atoms with Crippen LogP contribution in [-0.2, 0) is 0 Å². The van der Waals surface area contributed by atoms with Crippen molar-refractivity contribution in [2.75, 3.05) is 19.6 Å². The summed E-state index contributed by atoms with van der Waals surface area (Å²) in [5, 5.41) is 0. The van der Waals surface area contributed by atoms with Gasteiger partial charge in [-0.2, -0.15) is 0 Å². The van der Waals surface area contributed by atoms with E-state index in [0.717, 1.165) is 12.5 Å². The Morgan fingerprint density at radius 1 is 0.800 bits per heavy atom. The molecule has 4 rings (SSSR count). The Morgan fingerprint density at radius 2 is 1.36 bits per heavy atom. The van der Waals surface area contributed by atoms with E-state index < -0.39 is 0 Å². The molecule has 2 nitrogen and oxygen atoms in total. The molecule has 2 heteroatoms. The van der Waals surface area contributed by atoms with E-state index >= 15 is 0 Å². The third kappa shape index (κ3) is 3.65. The predicted molar refractivity (Wildman–Crippen MR) is 105 cm³/mol. The number of piperazine rings is 1. The first-order chi connectivity index (χ1) is 12.2. The minimum atomic E-state index is 0.377. The zero-order valence-electron chi connectivity index (χ0n) is 15.5. The van der Waals surface area contributed by atoms with Crippen molar-refractivity contribution in [2.45, 2.75) is 44.8 Å². The van der Waals surface area contributed by atoms with Crippen LogP contribution in [0.15, 0.2) is 60.7 Å². The lowest BCUT2D eigenvalue weighted by molar-refractivity contribution is 0.0266. The van der Waals surface area contributed by atoms with Gasteiger partial charge in [-0.3, -0.25) is 9.80 Å². The molecule has 1 aliphatic heterocycles. The molecule has 2 fully saturated rings. The van der Waals surface area contributed by atoms with Crippen molar-refractivity contribution in [1.82, 2.24) is 9.80 Å². The first-order valence-corrected chi connectivity index (χ1v) is 9.83. The van der Waals surface area contributed by atoms with Crippen LogP contribution >= 0.6 is 0 Å². The largest absolute Gasteiger partial charge is 0.298 e.